The van der Waals surface area contributed by atoms with E-state index >= 15 is 4.39 Å². The van der Waals surface area contributed by atoms with Gasteiger partial charge in [-0.05, 0) is 77.9 Å². The Bertz CT molecular complexity index is 1920. The van der Waals surface area contributed by atoms with Crippen LogP contribution in [0, 0.1) is 11.7 Å². The van der Waals surface area contributed by atoms with Crippen LogP contribution in [0.25, 0.3) is 27.7 Å². The molecule has 1 saturated carbocycles. The van der Waals surface area contributed by atoms with Gasteiger partial charge < -0.3 is 15.0 Å². The van der Waals surface area contributed by atoms with E-state index in [4.69, 9.17) is 0 Å². The molecule has 7 nitrogen and oxygen atoms in total. The fourth-order valence-electron chi connectivity index (χ4n) is 5.55. The molecule has 8 heteroatoms. The lowest BCUT2D eigenvalue weighted by molar-refractivity contribution is 0.282. The van der Waals surface area contributed by atoms with Crippen molar-refractivity contribution in [3.8, 4) is 16.9 Å². The summed E-state index contributed by atoms with van der Waals surface area (Å²) in [5.74, 6) is 0.498. The van der Waals surface area contributed by atoms with Crippen molar-refractivity contribution >= 4 is 22.3 Å². The monoisotopic (exact) mass is 564 g/mol. The van der Waals surface area contributed by atoms with E-state index in [-0.39, 0.29) is 16.8 Å². The van der Waals surface area contributed by atoms with E-state index in [1.807, 2.05) is 30.3 Å². The second kappa shape index (κ2) is 11.0. The van der Waals surface area contributed by atoms with Crippen molar-refractivity contribution in [3.05, 3.63) is 116 Å². The van der Waals surface area contributed by atoms with Gasteiger partial charge in [0, 0.05) is 36.3 Å². The summed E-state index contributed by atoms with van der Waals surface area (Å²) in [6, 6.07) is 18.2. The third kappa shape index (κ3) is 5.25. The Hall–Kier alpha value is -4.56. The summed E-state index contributed by atoms with van der Waals surface area (Å²) in [6.07, 6.45) is 6.25. The van der Waals surface area contributed by atoms with Crippen LogP contribution in [0.15, 0.2) is 82.6 Å². The summed E-state index contributed by atoms with van der Waals surface area (Å²) >= 11 is 0. The van der Waals surface area contributed by atoms with E-state index < -0.39 is 18.0 Å². The minimum atomic E-state index is -0.539. The largest absolute Gasteiger partial charge is 0.392 e. The highest BCUT2D eigenvalue weighted by Gasteiger charge is 2.25. The molecule has 1 aliphatic carbocycles. The summed E-state index contributed by atoms with van der Waals surface area (Å²) < 4.78 is 18.0. The summed E-state index contributed by atoms with van der Waals surface area (Å²) in [4.78, 5) is 31.2. The number of rotatable bonds is 8. The van der Waals surface area contributed by atoms with Gasteiger partial charge in [-0.2, -0.15) is 0 Å². The molecule has 0 amide bonds. The zero-order valence-corrected chi connectivity index (χ0v) is 23.9. The maximum Gasteiger partial charge on any atom is 0.293 e. The zero-order valence-electron chi connectivity index (χ0n) is 23.9. The van der Waals surface area contributed by atoms with Gasteiger partial charge in [0.25, 0.3) is 11.1 Å². The molecule has 0 aliphatic heterocycles. The number of hydrogen-bond acceptors (Lipinski definition) is 5. The number of aromatic nitrogens is 3. The average molecular weight is 565 g/mol. The second-order valence-electron chi connectivity index (χ2n) is 11.5. The fraction of sp³-hybridized carbons (Fsp3) is 0.265. The number of benzene rings is 3. The lowest BCUT2D eigenvalue weighted by Crippen LogP contribution is -2.22. The Labute approximate surface area is 242 Å². The van der Waals surface area contributed by atoms with Gasteiger partial charge in [-0.25, -0.2) is 9.37 Å². The molecular formula is C34H33FN4O3. The topological polar surface area (TPSA) is 89.2 Å². The molecule has 5 aromatic rings. The predicted octanol–water partition coefficient (Wildman–Crippen LogP) is 6.20. The van der Waals surface area contributed by atoms with E-state index in [0.29, 0.717) is 39.7 Å². The Morgan fingerprint density at radius 3 is 2.50 bits per heavy atom. The Morgan fingerprint density at radius 1 is 1.05 bits per heavy atom. The molecule has 214 valence electrons. The van der Waals surface area contributed by atoms with Crippen molar-refractivity contribution < 1.29 is 9.50 Å². The molecule has 0 bridgehead atoms. The smallest absolute Gasteiger partial charge is 0.293 e. The third-order valence-electron chi connectivity index (χ3n) is 7.80. The van der Waals surface area contributed by atoms with E-state index in [9.17, 15) is 14.7 Å². The summed E-state index contributed by atoms with van der Waals surface area (Å²) in [7, 11) is 1.64. The van der Waals surface area contributed by atoms with E-state index in [1.54, 1.807) is 43.7 Å². The van der Waals surface area contributed by atoms with Crippen LogP contribution in [0.4, 0.5) is 15.9 Å². The number of aliphatic hydroxyl groups is 1. The molecule has 0 saturated heterocycles. The van der Waals surface area contributed by atoms with Crippen LogP contribution >= 0.6 is 0 Å². The van der Waals surface area contributed by atoms with E-state index in [1.165, 1.54) is 20.8 Å². The highest BCUT2D eigenvalue weighted by atomic mass is 19.1. The number of nitrogens with one attached hydrogen (secondary N) is 1. The van der Waals surface area contributed by atoms with Gasteiger partial charge in [0.15, 0.2) is 5.82 Å². The standard InChI is InChI=1S/C34H33FN4O3/c1-20(2)15-21-7-11-25(12-8-21)36-32-34(42)38(3)18-29(37-32)26-5-4-6-30(27(26)19-40)39-14-13-23-16-24(22-9-10-22)17-28(35)31(23)33(39)41/h4-8,11-14,16-18,20,22,40H,9-10,15,19H2,1-3H3,(H,36,37). The van der Waals surface area contributed by atoms with Gasteiger partial charge in [-0.3, -0.25) is 14.2 Å². The lowest BCUT2D eigenvalue weighted by Gasteiger charge is -2.17. The zero-order chi connectivity index (χ0) is 29.5. The molecule has 0 spiro atoms. The minimum Gasteiger partial charge on any atom is -0.392 e. The normalized spacial score (nSPS) is 13.2. The number of halogens is 1. The van der Waals surface area contributed by atoms with Gasteiger partial charge >= 0.3 is 0 Å². The van der Waals surface area contributed by atoms with Crippen molar-refractivity contribution in [2.75, 3.05) is 5.32 Å². The minimum absolute atomic E-state index is 0.0160. The van der Waals surface area contributed by atoms with Crippen LogP contribution < -0.4 is 16.4 Å². The number of aryl methyl sites for hydroxylation is 1. The van der Waals surface area contributed by atoms with Crippen molar-refractivity contribution in [2.45, 2.75) is 45.6 Å². The van der Waals surface area contributed by atoms with Crippen LogP contribution in [0.1, 0.15) is 49.3 Å². The van der Waals surface area contributed by atoms with Crippen molar-refractivity contribution in [1.29, 1.82) is 0 Å². The Kier molecular flexibility index (Phi) is 7.24. The first-order chi connectivity index (χ1) is 20.2. The van der Waals surface area contributed by atoms with Crippen molar-refractivity contribution in [2.24, 2.45) is 13.0 Å². The third-order valence-corrected chi connectivity index (χ3v) is 7.80. The summed E-state index contributed by atoms with van der Waals surface area (Å²) in [5.41, 5.74) is 3.90. The highest BCUT2D eigenvalue weighted by Crippen LogP contribution is 2.41. The molecule has 2 N–H and O–H groups in total. The Balaban J connectivity index is 1.41. The maximum absolute atomic E-state index is 15.2. The van der Waals surface area contributed by atoms with Crippen LogP contribution in [0.5, 0.6) is 0 Å². The fourth-order valence-corrected chi connectivity index (χ4v) is 5.55. The molecule has 0 unspecified atom stereocenters. The number of hydrogen-bond donors (Lipinski definition) is 2. The molecule has 42 heavy (non-hydrogen) atoms. The molecule has 6 rings (SSSR count). The van der Waals surface area contributed by atoms with Gasteiger partial charge in [-0.1, -0.05) is 44.2 Å². The van der Waals surface area contributed by atoms with Crippen LogP contribution in [0.3, 0.4) is 0 Å². The SMILES string of the molecule is CC(C)Cc1ccc(Nc2nc(-c3cccc(-n4ccc5cc(C6CC6)cc(F)c5c4=O)c3CO)cn(C)c2=O)cc1. The van der Waals surface area contributed by atoms with E-state index in [0.717, 1.165) is 30.5 Å². The molecule has 2 aromatic heterocycles. The number of fused-ring (bicyclic) bond motifs is 1. The number of aliphatic hydroxyl groups excluding tert-OH is 1. The van der Waals surface area contributed by atoms with Gasteiger partial charge in [-0.15, -0.1) is 0 Å². The van der Waals surface area contributed by atoms with Crippen LogP contribution in [0.2, 0.25) is 0 Å². The summed E-state index contributed by atoms with van der Waals surface area (Å²) in [5, 5.41) is 14.2. The number of anilines is 2. The first-order valence-corrected chi connectivity index (χ1v) is 14.3. The molecule has 1 fully saturated rings. The van der Waals surface area contributed by atoms with Crippen LogP contribution in [-0.2, 0) is 20.1 Å². The maximum atomic E-state index is 15.2. The molecule has 3 aromatic carbocycles. The average Bonchev–Trinajstić information content (AvgIpc) is 3.81. The molecular weight excluding hydrogens is 531 g/mol. The van der Waals surface area contributed by atoms with Gasteiger partial charge in [0.1, 0.15) is 5.82 Å². The number of nitrogens with zero attached hydrogens (tertiary/aromatic N) is 3. The second-order valence-corrected chi connectivity index (χ2v) is 11.5. The van der Waals surface area contributed by atoms with Crippen molar-refractivity contribution in [3.63, 3.8) is 0 Å². The highest BCUT2D eigenvalue weighted by molar-refractivity contribution is 5.83. The lowest BCUT2D eigenvalue weighted by atomic mass is 10.0. The molecule has 1 aliphatic rings. The first kappa shape index (κ1) is 27.6. The summed E-state index contributed by atoms with van der Waals surface area (Å²) in [6.45, 7) is 3.93. The predicted molar refractivity (Wildman–Crippen MR) is 164 cm³/mol. The van der Waals surface area contributed by atoms with Crippen molar-refractivity contribution in [1.82, 2.24) is 14.1 Å². The quantitative estimate of drug-likeness (QED) is 0.234. The number of pyridine rings is 1. The van der Waals surface area contributed by atoms with Gasteiger partial charge in [0.2, 0.25) is 0 Å². The van der Waals surface area contributed by atoms with E-state index in [2.05, 4.69) is 24.1 Å². The molecule has 0 atom stereocenters. The molecule has 0 radical (unpaired) electrons. The molecule has 2 heterocycles. The van der Waals surface area contributed by atoms with Gasteiger partial charge in [0.05, 0.1) is 23.4 Å². The first-order valence-electron chi connectivity index (χ1n) is 14.3. The Morgan fingerprint density at radius 2 is 1.81 bits per heavy atom. The van der Waals surface area contributed by atoms with Crippen LogP contribution in [-0.4, -0.2) is 19.2 Å².